The zero-order valence-electron chi connectivity index (χ0n) is 16.2. The van der Waals surface area contributed by atoms with Crippen molar-refractivity contribution in [3.05, 3.63) is 71.8 Å². The van der Waals surface area contributed by atoms with Crippen LogP contribution in [0.25, 0.3) is 0 Å². The highest BCUT2D eigenvalue weighted by atomic mass is 16.7. The predicted molar refractivity (Wildman–Crippen MR) is 106 cm³/mol. The second-order valence-electron chi connectivity index (χ2n) is 6.97. The monoisotopic (exact) mass is 384 g/mol. The normalized spacial score (nSPS) is 21.8. The van der Waals surface area contributed by atoms with Crippen LogP contribution in [-0.4, -0.2) is 36.7 Å². The third kappa shape index (κ3) is 5.41. The summed E-state index contributed by atoms with van der Waals surface area (Å²) in [6.07, 6.45) is 0.454. The number of aliphatic hydroxyl groups is 1. The average Bonchev–Trinajstić information content (AvgIpc) is 3.14. The van der Waals surface area contributed by atoms with Crippen LogP contribution in [0.4, 0.5) is 0 Å². The van der Waals surface area contributed by atoms with Gasteiger partial charge in [-0.15, -0.1) is 0 Å². The smallest absolute Gasteiger partial charge is 0.306 e. The van der Waals surface area contributed by atoms with Gasteiger partial charge < -0.3 is 19.3 Å². The van der Waals surface area contributed by atoms with Gasteiger partial charge >= 0.3 is 5.97 Å². The molecule has 1 aliphatic heterocycles. The molecular weight excluding hydrogens is 356 g/mol. The molecule has 0 aromatic heterocycles. The van der Waals surface area contributed by atoms with Gasteiger partial charge in [0.2, 0.25) is 0 Å². The molecule has 0 bridgehead atoms. The van der Waals surface area contributed by atoms with Crippen molar-refractivity contribution in [2.24, 2.45) is 5.92 Å². The van der Waals surface area contributed by atoms with Crippen molar-refractivity contribution in [3.8, 4) is 0 Å². The maximum atomic E-state index is 12.6. The van der Waals surface area contributed by atoms with E-state index >= 15 is 0 Å². The fraction of sp³-hybridized carbons (Fsp3) is 0.435. The van der Waals surface area contributed by atoms with Gasteiger partial charge in [0.25, 0.3) is 0 Å². The van der Waals surface area contributed by atoms with Crippen LogP contribution in [0.5, 0.6) is 0 Å². The second kappa shape index (κ2) is 10.4. The molecule has 0 spiro atoms. The van der Waals surface area contributed by atoms with Crippen molar-refractivity contribution in [1.82, 2.24) is 0 Å². The van der Waals surface area contributed by atoms with Crippen LogP contribution < -0.4 is 0 Å². The number of hydrogen-bond acceptors (Lipinski definition) is 5. The van der Waals surface area contributed by atoms with Gasteiger partial charge in [-0.1, -0.05) is 60.7 Å². The molecule has 1 fully saturated rings. The third-order valence-corrected chi connectivity index (χ3v) is 5.02. The Hall–Kier alpha value is -2.21. The fourth-order valence-corrected chi connectivity index (χ4v) is 3.58. The molecule has 0 aliphatic carbocycles. The Morgan fingerprint density at radius 3 is 2.25 bits per heavy atom. The first-order chi connectivity index (χ1) is 13.7. The second-order valence-corrected chi connectivity index (χ2v) is 6.97. The van der Waals surface area contributed by atoms with Gasteiger partial charge in [-0.05, 0) is 24.5 Å². The molecule has 1 saturated heterocycles. The lowest BCUT2D eigenvalue weighted by molar-refractivity contribution is -0.151. The molecule has 3 atom stereocenters. The summed E-state index contributed by atoms with van der Waals surface area (Å²) in [5.41, 5.74) is 1.87. The van der Waals surface area contributed by atoms with Gasteiger partial charge in [0.15, 0.2) is 12.4 Å². The Labute approximate surface area is 166 Å². The summed E-state index contributed by atoms with van der Waals surface area (Å²) < 4.78 is 17.2. The number of esters is 1. The average molecular weight is 384 g/mol. The maximum absolute atomic E-state index is 12.6. The molecule has 2 aromatic carbocycles. The minimum Gasteiger partial charge on any atom is -0.453 e. The topological polar surface area (TPSA) is 65.0 Å². The highest BCUT2D eigenvalue weighted by molar-refractivity contribution is 5.70. The van der Waals surface area contributed by atoms with E-state index in [1.807, 2.05) is 67.6 Å². The molecule has 150 valence electrons. The van der Waals surface area contributed by atoms with E-state index in [2.05, 4.69) is 0 Å². The summed E-state index contributed by atoms with van der Waals surface area (Å²) in [4.78, 5) is 12.6. The molecule has 5 heteroatoms. The van der Waals surface area contributed by atoms with Gasteiger partial charge in [0.05, 0.1) is 6.10 Å². The molecule has 2 aromatic rings. The molecule has 28 heavy (non-hydrogen) atoms. The van der Waals surface area contributed by atoms with Gasteiger partial charge in [-0.25, -0.2) is 0 Å². The minimum absolute atomic E-state index is 0.0107. The summed E-state index contributed by atoms with van der Waals surface area (Å²) >= 11 is 0. The van der Waals surface area contributed by atoms with Gasteiger partial charge in [-0.2, -0.15) is 0 Å². The Bertz CT molecular complexity index is 679. The molecular formula is C23H28O5. The van der Waals surface area contributed by atoms with Crippen molar-refractivity contribution in [1.29, 1.82) is 0 Å². The van der Waals surface area contributed by atoms with Crippen LogP contribution in [-0.2, 0) is 19.0 Å². The summed E-state index contributed by atoms with van der Waals surface area (Å²) in [7, 11) is 0. The van der Waals surface area contributed by atoms with Gasteiger partial charge in [-0.3, -0.25) is 4.79 Å². The zero-order chi connectivity index (χ0) is 19.8. The highest BCUT2D eigenvalue weighted by Crippen LogP contribution is 2.31. The molecule has 0 amide bonds. The van der Waals surface area contributed by atoms with Gasteiger partial charge in [0.1, 0.15) is 0 Å². The van der Waals surface area contributed by atoms with E-state index in [1.165, 1.54) is 0 Å². The zero-order valence-corrected chi connectivity index (χ0v) is 16.2. The minimum atomic E-state index is -0.441. The molecule has 0 radical (unpaired) electrons. The first-order valence-electron chi connectivity index (χ1n) is 9.88. The molecule has 3 rings (SSSR count). The number of carbonyl (C=O) groups excluding carboxylic acids is 1. The number of hydrogen-bond donors (Lipinski definition) is 1. The summed E-state index contributed by atoms with van der Waals surface area (Å²) in [6.45, 7) is 2.50. The van der Waals surface area contributed by atoms with Crippen molar-refractivity contribution in [2.45, 2.75) is 44.7 Å². The Balaban J connectivity index is 1.61. The van der Waals surface area contributed by atoms with Gasteiger partial charge in [0, 0.05) is 32.0 Å². The highest BCUT2D eigenvalue weighted by Gasteiger charge is 2.35. The summed E-state index contributed by atoms with van der Waals surface area (Å²) in [6, 6.07) is 19.5. The van der Waals surface area contributed by atoms with Crippen LogP contribution in [0.3, 0.4) is 0 Å². The Kier molecular flexibility index (Phi) is 7.60. The first-order valence-corrected chi connectivity index (χ1v) is 9.88. The Morgan fingerprint density at radius 2 is 1.71 bits per heavy atom. The van der Waals surface area contributed by atoms with E-state index in [0.29, 0.717) is 19.4 Å². The van der Waals surface area contributed by atoms with E-state index < -0.39 is 6.10 Å². The Morgan fingerprint density at radius 1 is 1.11 bits per heavy atom. The number of carbonyl (C=O) groups is 1. The molecule has 1 heterocycles. The van der Waals surface area contributed by atoms with Crippen LogP contribution in [0.1, 0.15) is 43.4 Å². The van der Waals surface area contributed by atoms with Crippen molar-refractivity contribution >= 4 is 5.97 Å². The lowest BCUT2D eigenvalue weighted by Crippen LogP contribution is -2.22. The largest absolute Gasteiger partial charge is 0.453 e. The van der Waals surface area contributed by atoms with Crippen LogP contribution in [0.2, 0.25) is 0 Å². The van der Waals surface area contributed by atoms with Crippen molar-refractivity contribution < 1.29 is 24.1 Å². The van der Waals surface area contributed by atoms with E-state index in [-0.39, 0.29) is 37.3 Å². The third-order valence-electron chi connectivity index (χ3n) is 5.02. The number of aliphatic hydroxyl groups excluding tert-OH is 1. The quantitative estimate of drug-likeness (QED) is 0.665. The van der Waals surface area contributed by atoms with E-state index in [1.54, 1.807) is 0 Å². The maximum Gasteiger partial charge on any atom is 0.306 e. The lowest BCUT2D eigenvalue weighted by atomic mass is 9.98. The molecule has 1 aliphatic rings. The fourth-order valence-electron chi connectivity index (χ4n) is 3.58. The predicted octanol–water partition coefficient (Wildman–Crippen LogP) is 3.86. The standard InChI is InChI=1S/C23H28O5/c1-2-26-22-15-19(16-24)20(27-22)13-14-21(25)28-23(17-9-5-3-6-10-17)18-11-7-4-8-12-18/h3-12,19-20,22-24H,2,13-16H2,1H3/t19-,20-,22+/m1/s1. The lowest BCUT2D eigenvalue weighted by Gasteiger charge is -2.20. The van der Waals surface area contributed by atoms with Crippen LogP contribution in [0, 0.1) is 5.92 Å². The molecule has 1 N–H and O–H groups in total. The van der Waals surface area contributed by atoms with Crippen LogP contribution in [0.15, 0.2) is 60.7 Å². The number of rotatable bonds is 9. The van der Waals surface area contributed by atoms with Crippen molar-refractivity contribution in [3.63, 3.8) is 0 Å². The van der Waals surface area contributed by atoms with E-state index in [0.717, 1.165) is 11.1 Å². The molecule has 0 saturated carbocycles. The molecule has 5 nitrogen and oxygen atoms in total. The summed E-state index contributed by atoms with van der Waals surface area (Å²) in [5, 5.41) is 9.58. The first kappa shape index (κ1) is 20.5. The number of ether oxygens (including phenoxy) is 3. The van der Waals surface area contributed by atoms with Crippen molar-refractivity contribution in [2.75, 3.05) is 13.2 Å². The molecule has 0 unspecified atom stereocenters. The van der Waals surface area contributed by atoms with E-state index in [9.17, 15) is 9.90 Å². The number of benzene rings is 2. The summed E-state index contributed by atoms with van der Waals surface area (Å²) in [5.74, 6) is -0.291. The SMILES string of the molecule is CCO[C@@H]1C[C@H](CO)[C@@H](CCC(=O)OC(c2ccccc2)c2ccccc2)O1. The van der Waals surface area contributed by atoms with E-state index in [4.69, 9.17) is 14.2 Å². The van der Waals surface area contributed by atoms with Crippen LogP contribution >= 0.6 is 0 Å².